The highest BCUT2D eigenvalue weighted by Crippen LogP contribution is 2.41. The van der Waals surface area contributed by atoms with Crippen LogP contribution in [0.1, 0.15) is 38.8 Å². The van der Waals surface area contributed by atoms with Crippen molar-refractivity contribution in [1.82, 2.24) is 0 Å². The Bertz CT molecular complexity index is 1790. The predicted octanol–water partition coefficient (Wildman–Crippen LogP) is 6.99. The van der Waals surface area contributed by atoms with Crippen LogP contribution in [0.3, 0.4) is 0 Å². The van der Waals surface area contributed by atoms with E-state index in [-0.39, 0.29) is 23.2 Å². The molecule has 0 unspecified atom stereocenters. The Balaban J connectivity index is 1.71. The van der Waals surface area contributed by atoms with Gasteiger partial charge in [0.1, 0.15) is 5.75 Å². The molecule has 1 heterocycles. The van der Waals surface area contributed by atoms with Gasteiger partial charge in [-0.2, -0.15) is 10.5 Å². The zero-order chi connectivity index (χ0) is 31.1. The van der Waals surface area contributed by atoms with Crippen molar-refractivity contribution in [1.29, 1.82) is 10.5 Å². The number of ether oxygens (including phenoxy) is 2. The molecule has 4 rings (SSSR count). The number of rotatable bonds is 9. The number of hydrogen-bond donors (Lipinski definition) is 2. The summed E-state index contributed by atoms with van der Waals surface area (Å²) in [5.74, 6) is -1.06. The normalized spacial score (nSPS) is 14.0. The van der Waals surface area contributed by atoms with E-state index < -0.39 is 11.9 Å². The average molecular weight is 594 g/mol. The molecule has 3 aromatic carbocycles. The maximum atomic E-state index is 11.6. The second kappa shape index (κ2) is 13.3. The standard InChI is InChI=1S/C33H24ClN3O6/c1-20(17-35)31(22-7-5-8-27(15-22)42-2)23(18-36)6-3-4-9-30-37(28-16-26(34)10-11-29(28)43-30)19-21-12-24(32(38)39)14-25(13-21)33(40)41/h3-16H,19H2,1-2H3,(H,38,39)(H,40,41)/b4-3+,23-6+,30-9-,31-20-. The molecule has 0 fully saturated rings. The molecule has 10 heteroatoms. The monoisotopic (exact) mass is 593 g/mol. The summed E-state index contributed by atoms with van der Waals surface area (Å²) in [7, 11) is 1.53. The van der Waals surface area contributed by atoms with Gasteiger partial charge in [-0.05, 0) is 78.7 Å². The maximum absolute atomic E-state index is 11.6. The summed E-state index contributed by atoms with van der Waals surface area (Å²) < 4.78 is 11.3. The number of halogens is 1. The fourth-order valence-electron chi connectivity index (χ4n) is 4.45. The number of fused-ring (bicyclic) bond motifs is 1. The SMILES string of the molecule is COc1cccc(C(/C(C#N)=C/C=C/C=C2\Oc3ccc(Cl)cc3N2Cc2cc(C(=O)O)cc(C(=O)O)c2)=C(\C)C#N)c1. The molecular weight excluding hydrogens is 570 g/mol. The third-order valence-electron chi connectivity index (χ3n) is 6.42. The van der Waals surface area contributed by atoms with Gasteiger partial charge >= 0.3 is 11.9 Å². The van der Waals surface area contributed by atoms with Crippen LogP contribution in [0, 0.1) is 22.7 Å². The van der Waals surface area contributed by atoms with Gasteiger partial charge in [0.25, 0.3) is 0 Å². The molecule has 0 saturated heterocycles. The van der Waals surface area contributed by atoms with Crippen LogP contribution in [0.15, 0.2) is 102 Å². The summed E-state index contributed by atoms with van der Waals surface area (Å²) in [4.78, 5) is 25.0. The van der Waals surface area contributed by atoms with E-state index in [0.29, 0.717) is 50.4 Å². The number of nitriles is 2. The van der Waals surface area contributed by atoms with Crippen LogP contribution in [-0.4, -0.2) is 29.3 Å². The van der Waals surface area contributed by atoms with Crippen LogP contribution < -0.4 is 14.4 Å². The lowest BCUT2D eigenvalue weighted by molar-refractivity contribution is 0.0696. The van der Waals surface area contributed by atoms with E-state index in [4.69, 9.17) is 21.1 Å². The molecule has 9 nitrogen and oxygen atoms in total. The first-order valence-electron chi connectivity index (χ1n) is 12.7. The summed E-state index contributed by atoms with van der Waals surface area (Å²) in [6, 6.07) is 20.3. The minimum atomic E-state index is -1.25. The number of carbonyl (C=O) groups is 2. The second-order valence-corrected chi connectivity index (χ2v) is 9.69. The van der Waals surface area contributed by atoms with E-state index in [2.05, 4.69) is 12.1 Å². The van der Waals surface area contributed by atoms with Crippen LogP contribution in [0.5, 0.6) is 11.5 Å². The van der Waals surface area contributed by atoms with E-state index in [1.54, 1.807) is 78.6 Å². The molecule has 1 aliphatic heterocycles. The van der Waals surface area contributed by atoms with Crippen molar-refractivity contribution >= 4 is 34.8 Å². The van der Waals surface area contributed by atoms with Crippen molar-refractivity contribution < 1.29 is 29.3 Å². The minimum Gasteiger partial charge on any atom is -0.497 e. The van der Waals surface area contributed by atoms with Gasteiger partial charge < -0.3 is 24.6 Å². The van der Waals surface area contributed by atoms with E-state index in [1.807, 2.05) is 0 Å². The predicted molar refractivity (Wildman–Crippen MR) is 161 cm³/mol. The van der Waals surface area contributed by atoms with Crippen molar-refractivity contribution in [3.05, 3.63) is 129 Å². The molecule has 3 aromatic rings. The van der Waals surface area contributed by atoms with Crippen molar-refractivity contribution in [3.8, 4) is 23.6 Å². The lowest BCUT2D eigenvalue weighted by atomic mass is 9.94. The van der Waals surface area contributed by atoms with E-state index >= 15 is 0 Å². The number of carboxylic acid groups (broad SMARTS) is 2. The molecule has 0 amide bonds. The van der Waals surface area contributed by atoms with Crippen molar-refractivity contribution in [3.63, 3.8) is 0 Å². The molecule has 0 aromatic heterocycles. The number of aromatic carboxylic acids is 2. The zero-order valence-electron chi connectivity index (χ0n) is 23.0. The number of anilines is 1. The van der Waals surface area contributed by atoms with E-state index in [0.717, 1.165) is 6.07 Å². The molecule has 0 spiro atoms. The molecule has 0 saturated carbocycles. The average Bonchev–Trinajstić information content (AvgIpc) is 3.33. The fraction of sp³-hybridized carbons (Fsp3) is 0.0909. The smallest absolute Gasteiger partial charge is 0.335 e. The maximum Gasteiger partial charge on any atom is 0.335 e. The third kappa shape index (κ3) is 6.94. The first-order chi connectivity index (χ1) is 20.6. The molecule has 1 aliphatic rings. The van der Waals surface area contributed by atoms with Crippen molar-refractivity contribution in [2.45, 2.75) is 13.5 Å². The minimum absolute atomic E-state index is 0.0811. The lowest BCUT2D eigenvalue weighted by Crippen LogP contribution is -2.20. The summed E-state index contributed by atoms with van der Waals surface area (Å²) in [5.41, 5.74) is 2.44. The van der Waals surface area contributed by atoms with Gasteiger partial charge in [0.05, 0.1) is 48.2 Å². The third-order valence-corrected chi connectivity index (χ3v) is 6.66. The zero-order valence-corrected chi connectivity index (χ0v) is 23.8. The van der Waals surface area contributed by atoms with Crippen LogP contribution in [0.4, 0.5) is 5.69 Å². The van der Waals surface area contributed by atoms with Gasteiger partial charge in [-0.3, -0.25) is 0 Å². The quantitative estimate of drug-likeness (QED) is 0.198. The highest BCUT2D eigenvalue weighted by Gasteiger charge is 2.27. The molecule has 0 aliphatic carbocycles. The van der Waals surface area contributed by atoms with Gasteiger partial charge in [0.2, 0.25) is 5.88 Å². The summed E-state index contributed by atoms with van der Waals surface area (Å²) >= 11 is 6.24. The van der Waals surface area contributed by atoms with Crippen LogP contribution >= 0.6 is 11.6 Å². The Labute approximate surface area is 252 Å². The van der Waals surface area contributed by atoms with Crippen LogP contribution in [0.25, 0.3) is 5.57 Å². The van der Waals surface area contributed by atoms with Crippen molar-refractivity contribution in [2.75, 3.05) is 12.0 Å². The molecular formula is C33H24ClN3O6. The summed E-state index contributed by atoms with van der Waals surface area (Å²) in [6.07, 6.45) is 6.49. The highest BCUT2D eigenvalue weighted by molar-refractivity contribution is 6.31. The Kier molecular flexibility index (Phi) is 9.31. The number of nitrogens with zero attached hydrogens (tertiary/aromatic N) is 3. The van der Waals surface area contributed by atoms with Crippen molar-refractivity contribution in [2.24, 2.45) is 0 Å². The lowest BCUT2D eigenvalue weighted by Gasteiger charge is -2.19. The van der Waals surface area contributed by atoms with Crippen LogP contribution in [0.2, 0.25) is 5.02 Å². The second-order valence-electron chi connectivity index (χ2n) is 9.25. The topological polar surface area (TPSA) is 144 Å². The van der Waals surface area contributed by atoms with Gasteiger partial charge in [-0.15, -0.1) is 0 Å². The van der Waals surface area contributed by atoms with Gasteiger partial charge in [0.15, 0.2) is 5.75 Å². The Morgan fingerprint density at radius 2 is 1.70 bits per heavy atom. The number of carboxylic acids is 2. The Morgan fingerprint density at radius 1 is 0.977 bits per heavy atom. The number of allylic oxidation sites excluding steroid dienone is 7. The number of methoxy groups -OCH3 is 1. The van der Waals surface area contributed by atoms with Gasteiger partial charge in [-0.25, -0.2) is 9.59 Å². The summed E-state index contributed by atoms with van der Waals surface area (Å²) in [5, 5.41) is 39.0. The Morgan fingerprint density at radius 3 is 2.33 bits per heavy atom. The Hall–Kier alpha value is -5.77. The van der Waals surface area contributed by atoms with Gasteiger partial charge in [-0.1, -0.05) is 35.9 Å². The fourth-order valence-corrected chi connectivity index (χ4v) is 4.62. The van der Waals surface area contributed by atoms with Crippen LogP contribution in [-0.2, 0) is 6.54 Å². The molecule has 214 valence electrons. The molecule has 0 atom stereocenters. The largest absolute Gasteiger partial charge is 0.497 e. The molecule has 43 heavy (non-hydrogen) atoms. The summed E-state index contributed by atoms with van der Waals surface area (Å²) in [6.45, 7) is 1.71. The number of hydrogen-bond acceptors (Lipinski definition) is 7. The molecule has 0 radical (unpaired) electrons. The van der Waals surface area contributed by atoms with Gasteiger partial charge in [0, 0.05) is 16.2 Å². The molecule has 2 N–H and O–H groups in total. The van der Waals surface area contributed by atoms with E-state index in [1.165, 1.54) is 19.2 Å². The molecule has 0 bridgehead atoms. The van der Waals surface area contributed by atoms with E-state index in [9.17, 15) is 30.3 Å². The first kappa shape index (κ1) is 30.2. The highest BCUT2D eigenvalue weighted by atomic mass is 35.5. The number of benzene rings is 3. The first-order valence-corrected chi connectivity index (χ1v) is 13.1.